The summed E-state index contributed by atoms with van der Waals surface area (Å²) in [5.41, 5.74) is 6.44. The second-order valence-electron chi connectivity index (χ2n) is 7.02. The molecule has 1 saturated carbocycles. The first-order chi connectivity index (χ1) is 8.99. The molecule has 2 unspecified atom stereocenters. The van der Waals surface area contributed by atoms with Gasteiger partial charge in [0, 0.05) is 18.1 Å². The van der Waals surface area contributed by atoms with Crippen molar-refractivity contribution < 1.29 is 0 Å². The minimum absolute atomic E-state index is 0.223. The third-order valence-electron chi connectivity index (χ3n) is 5.74. The van der Waals surface area contributed by atoms with E-state index in [1.54, 1.807) is 0 Å². The summed E-state index contributed by atoms with van der Waals surface area (Å²) in [6, 6.07) is 0.753. The van der Waals surface area contributed by atoms with Crippen molar-refractivity contribution in [1.29, 1.82) is 0 Å². The first-order valence-corrected chi connectivity index (χ1v) is 8.42. The van der Waals surface area contributed by atoms with E-state index in [4.69, 9.17) is 5.73 Å². The Kier molecular flexibility index (Phi) is 6.82. The Hall–Kier alpha value is -0.0800. The summed E-state index contributed by atoms with van der Waals surface area (Å²) in [5.74, 6) is 1.70. The highest BCUT2D eigenvalue weighted by atomic mass is 15.2. The van der Waals surface area contributed by atoms with Crippen molar-refractivity contribution in [2.45, 2.75) is 84.2 Å². The lowest BCUT2D eigenvalue weighted by Gasteiger charge is -2.48. The highest BCUT2D eigenvalue weighted by Gasteiger charge is 2.37. The van der Waals surface area contributed by atoms with Gasteiger partial charge in [0.2, 0.25) is 0 Å². The van der Waals surface area contributed by atoms with Crippen molar-refractivity contribution in [3.63, 3.8) is 0 Å². The monoisotopic (exact) mass is 268 g/mol. The van der Waals surface area contributed by atoms with Crippen molar-refractivity contribution in [1.82, 2.24) is 4.90 Å². The van der Waals surface area contributed by atoms with Gasteiger partial charge in [0.25, 0.3) is 0 Å². The molecule has 1 aliphatic carbocycles. The summed E-state index contributed by atoms with van der Waals surface area (Å²) >= 11 is 0. The summed E-state index contributed by atoms with van der Waals surface area (Å²) in [7, 11) is 2.33. The highest BCUT2D eigenvalue weighted by Crippen LogP contribution is 2.34. The van der Waals surface area contributed by atoms with Gasteiger partial charge in [0.1, 0.15) is 0 Å². The molecule has 2 atom stereocenters. The van der Waals surface area contributed by atoms with E-state index >= 15 is 0 Å². The Labute approximate surface area is 121 Å². The molecule has 2 heteroatoms. The maximum atomic E-state index is 6.21. The number of nitrogens with zero attached hydrogens (tertiary/aromatic N) is 1. The Morgan fingerprint density at radius 1 is 1.21 bits per heavy atom. The molecule has 0 spiro atoms. The van der Waals surface area contributed by atoms with Crippen LogP contribution in [0.15, 0.2) is 0 Å². The van der Waals surface area contributed by atoms with Crippen LogP contribution in [0.5, 0.6) is 0 Å². The fourth-order valence-electron chi connectivity index (χ4n) is 3.72. The second-order valence-corrected chi connectivity index (χ2v) is 7.02. The van der Waals surface area contributed by atoms with Crippen LogP contribution in [0.3, 0.4) is 0 Å². The van der Waals surface area contributed by atoms with Crippen LogP contribution in [-0.4, -0.2) is 30.1 Å². The zero-order chi connectivity index (χ0) is 14.5. The van der Waals surface area contributed by atoms with Crippen molar-refractivity contribution >= 4 is 0 Å². The molecule has 0 saturated heterocycles. The Morgan fingerprint density at radius 3 is 2.21 bits per heavy atom. The van der Waals surface area contributed by atoms with Crippen LogP contribution < -0.4 is 5.73 Å². The molecule has 0 radical (unpaired) electrons. The van der Waals surface area contributed by atoms with Gasteiger partial charge in [-0.25, -0.2) is 0 Å². The molecule has 0 aromatic carbocycles. The second kappa shape index (κ2) is 7.64. The molecule has 0 amide bonds. The summed E-state index contributed by atoms with van der Waals surface area (Å²) in [6.07, 6.45) is 9.19. The van der Waals surface area contributed by atoms with Gasteiger partial charge in [-0.2, -0.15) is 0 Å². The fraction of sp³-hybridized carbons (Fsp3) is 1.00. The summed E-state index contributed by atoms with van der Waals surface area (Å²) in [4.78, 5) is 2.66. The minimum atomic E-state index is 0.223. The molecule has 19 heavy (non-hydrogen) atoms. The minimum Gasteiger partial charge on any atom is -0.329 e. The molecule has 0 bridgehead atoms. The van der Waals surface area contributed by atoms with Crippen LogP contribution in [0.25, 0.3) is 0 Å². The zero-order valence-electron chi connectivity index (χ0n) is 13.9. The zero-order valence-corrected chi connectivity index (χ0v) is 13.9. The molecule has 1 aliphatic rings. The van der Waals surface area contributed by atoms with Gasteiger partial charge in [0.15, 0.2) is 0 Å². The topological polar surface area (TPSA) is 29.3 Å². The molecule has 2 nitrogen and oxygen atoms in total. The fourth-order valence-corrected chi connectivity index (χ4v) is 3.72. The highest BCUT2D eigenvalue weighted by molar-refractivity contribution is 4.94. The lowest BCUT2D eigenvalue weighted by molar-refractivity contribution is 0.0301. The predicted molar refractivity (Wildman–Crippen MR) is 85.3 cm³/mol. The van der Waals surface area contributed by atoms with E-state index in [0.29, 0.717) is 0 Å². The van der Waals surface area contributed by atoms with Crippen LogP contribution >= 0.6 is 0 Å². The molecular weight excluding hydrogens is 232 g/mol. The van der Waals surface area contributed by atoms with Crippen molar-refractivity contribution in [2.75, 3.05) is 13.6 Å². The average Bonchev–Trinajstić information content (AvgIpc) is 2.44. The van der Waals surface area contributed by atoms with Crippen molar-refractivity contribution in [3.05, 3.63) is 0 Å². The lowest BCUT2D eigenvalue weighted by atomic mass is 9.79. The van der Waals surface area contributed by atoms with Gasteiger partial charge < -0.3 is 5.73 Å². The standard InChI is InChI=1S/C17H36N2/c1-6-14(3)12-17(7-2,13-18)19(5)16-10-8-15(4)9-11-16/h14-16H,6-13,18H2,1-5H3. The number of rotatable bonds is 7. The van der Waals surface area contributed by atoms with Crippen molar-refractivity contribution in [3.8, 4) is 0 Å². The van der Waals surface area contributed by atoms with Crippen LogP contribution in [0, 0.1) is 11.8 Å². The van der Waals surface area contributed by atoms with E-state index < -0.39 is 0 Å². The van der Waals surface area contributed by atoms with Crippen LogP contribution in [-0.2, 0) is 0 Å². The molecule has 1 fully saturated rings. The van der Waals surface area contributed by atoms with E-state index in [0.717, 1.165) is 24.4 Å². The first-order valence-electron chi connectivity index (χ1n) is 8.42. The predicted octanol–water partition coefficient (Wildman–Crippen LogP) is 4.04. The maximum Gasteiger partial charge on any atom is 0.0331 e. The van der Waals surface area contributed by atoms with E-state index in [1.165, 1.54) is 44.9 Å². The van der Waals surface area contributed by atoms with Gasteiger partial charge in [-0.1, -0.05) is 34.1 Å². The molecule has 0 aliphatic heterocycles. The summed E-state index contributed by atoms with van der Waals surface area (Å²) in [6.45, 7) is 10.2. The van der Waals surface area contributed by atoms with E-state index in [-0.39, 0.29) is 5.54 Å². The van der Waals surface area contributed by atoms with E-state index in [9.17, 15) is 0 Å². The molecule has 114 valence electrons. The molecule has 0 aromatic rings. The van der Waals surface area contributed by atoms with E-state index in [1.807, 2.05) is 0 Å². The van der Waals surface area contributed by atoms with Gasteiger partial charge in [-0.3, -0.25) is 4.90 Å². The van der Waals surface area contributed by atoms with Gasteiger partial charge >= 0.3 is 0 Å². The van der Waals surface area contributed by atoms with Crippen LogP contribution in [0.2, 0.25) is 0 Å². The Balaban J connectivity index is 2.73. The largest absolute Gasteiger partial charge is 0.329 e. The Bertz CT molecular complexity index is 240. The third-order valence-corrected chi connectivity index (χ3v) is 5.74. The van der Waals surface area contributed by atoms with Gasteiger partial charge in [-0.05, 0) is 57.4 Å². The number of hydrogen-bond donors (Lipinski definition) is 1. The lowest BCUT2D eigenvalue weighted by Crippen LogP contribution is -2.57. The summed E-state index contributed by atoms with van der Waals surface area (Å²) < 4.78 is 0. The average molecular weight is 268 g/mol. The molecule has 2 N–H and O–H groups in total. The Morgan fingerprint density at radius 2 is 1.79 bits per heavy atom. The normalized spacial score (nSPS) is 29.2. The maximum absolute atomic E-state index is 6.21. The van der Waals surface area contributed by atoms with E-state index in [2.05, 4.69) is 39.6 Å². The molecule has 0 aromatic heterocycles. The molecular formula is C17H36N2. The molecule has 1 rings (SSSR count). The quantitative estimate of drug-likeness (QED) is 0.755. The van der Waals surface area contributed by atoms with Crippen molar-refractivity contribution in [2.24, 2.45) is 17.6 Å². The van der Waals surface area contributed by atoms with Gasteiger partial charge in [-0.15, -0.1) is 0 Å². The molecule has 0 heterocycles. The van der Waals surface area contributed by atoms with Crippen LogP contribution in [0.4, 0.5) is 0 Å². The van der Waals surface area contributed by atoms with Crippen LogP contribution in [0.1, 0.15) is 72.6 Å². The number of likely N-dealkylation sites (N-methyl/N-ethyl adjacent to an activating group) is 1. The number of nitrogens with two attached hydrogens (primary N) is 1. The first kappa shape index (κ1) is 17.0. The van der Waals surface area contributed by atoms with Gasteiger partial charge in [0.05, 0.1) is 0 Å². The smallest absolute Gasteiger partial charge is 0.0331 e. The summed E-state index contributed by atoms with van der Waals surface area (Å²) in [5, 5.41) is 0. The third kappa shape index (κ3) is 4.19. The number of hydrogen-bond acceptors (Lipinski definition) is 2. The SMILES string of the molecule is CCC(C)CC(CC)(CN)N(C)C1CCC(C)CC1.